The van der Waals surface area contributed by atoms with E-state index in [0.29, 0.717) is 18.3 Å². The van der Waals surface area contributed by atoms with Crippen molar-refractivity contribution in [3.8, 4) is 5.75 Å². The fourth-order valence-corrected chi connectivity index (χ4v) is 3.36. The van der Waals surface area contributed by atoms with Crippen LogP contribution in [0, 0.1) is 0 Å². The van der Waals surface area contributed by atoms with E-state index in [1.165, 1.54) is 42.9 Å². The zero-order valence-corrected chi connectivity index (χ0v) is 17.8. The van der Waals surface area contributed by atoms with Gasteiger partial charge in [0.2, 0.25) is 0 Å². The third kappa shape index (κ3) is 7.90. The quantitative estimate of drug-likeness (QED) is 0.349. The van der Waals surface area contributed by atoms with Gasteiger partial charge in [-0.05, 0) is 76.1 Å². The number of carbonyl (C=O) groups excluding carboxylic acids is 1. The summed E-state index contributed by atoms with van der Waals surface area (Å²) in [5.41, 5.74) is 9.41. The highest BCUT2D eigenvalue weighted by molar-refractivity contribution is 7.80. The summed E-state index contributed by atoms with van der Waals surface area (Å²) < 4.78 is 5.87. The molecule has 7 nitrogen and oxygen atoms in total. The summed E-state index contributed by atoms with van der Waals surface area (Å²) in [7, 11) is 0. The van der Waals surface area contributed by atoms with Crippen LogP contribution in [-0.2, 0) is 6.54 Å². The van der Waals surface area contributed by atoms with Crippen molar-refractivity contribution in [2.24, 2.45) is 5.73 Å². The largest absolute Gasteiger partial charge is 0.494 e. The molecule has 0 atom stereocenters. The molecule has 28 heavy (non-hydrogen) atoms. The van der Waals surface area contributed by atoms with Crippen LogP contribution in [0.15, 0.2) is 24.3 Å². The van der Waals surface area contributed by atoms with E-state index in [9.17, 15) is 4.79 Å². The number of urea groups is 1. The van der Waals surface area contributed by atoms with Crippen LogP contribution in [-0.4, -0.2) is 53.3 Å². The molecule has 0 aliphatic carbocycles. The van der Waals surface area contributed by atoms with Crippen LogP contribution in [0.5, 0.6) is 5.75 Å². The highest BCUT2D eigenvalue weighted by atomic mass is 32.1. The number of primary amides is 1. The van der Waals surface area contributed by atoms with E-state index < -0.39 is 6.03 Å². The molecule has 0 aromatic heterocycles. The van der Waals surface area contributed by atoms with E-state index in [-0.39, 0.29) is 6.04 Å². The Morgan fingerprint density at radius 3 is 2.75 bits per heavy atom. The maximum Gasteiger partial charge on any atom is 0.333 e. The van der Waals surface area contributed by atoms with Crippen molar-refractivity contribution in [3.63, 3.8) is 0 Å². The number of amides is 2. The summed E-state index contributed by atoms with van der Waals surface area (Å²) in [5, 5.41) is 4.72. The molecule has 8 heteroatoms. The van der Waals surface area contributed by atoms with Crippen molar-refractivity contribution in [1.82, 2.24) is 20.7 Å². The molecular formula is C20H33N5O2S. The van der Waals surface area contributed by atoms with Crippen LogP contribution in [0.4, 0.5) is 4.79 Å². The van der Waals surface area contributed by atoms with Crippen molar-refractivity contribution >= 4 is 23.4 Å². The second-order valence-corrected chi connectivity index (χ2v) is 7.76. The number of hydrazine groups is 1. The van der Waals surface area contributed by atoms with Gasteiger partial charge in [0.25, 0.3) is 0 Å². The number of rotatable bonds is 8. The maximum atomic E-state index is 11.3. The molecule has 1 aliphatic heterocycles. The number of hydrogen-bond donors (Lipinski definition) is 3. The third-order valence-electron chi connectivity index (χ3n) is 4.60. The Kier molecular flexibility index (Phi) is 9.30. The van der Waals surface area contributed by atoms with E-state index in [1.54, 1.807) is 0 Å². The van der Waals surface area contributed by atoms with Crippen molar-refractivity contribution < 1.29 is 9.53 Å². The fourth-order valence-electron chi connectivity index (χ4n) is 3.16. The highest BCUT2D eigenvalue weighted by Gasteiger charge is 2.14. The fraction of sp³-hybridized carbons (Fsp3) is 0.600. The van der Waals surface area contributed by atoms with Crippen molar-refractivity contribution in [1.29, 1.82) is 0 Å². The summed E-state index contributed by atoms with van der Waals surface area (Å²) in [5.74, 6) is 0.898. The number of benzene rings is 1. The number of nitrogens with two attached hydrogens (primary N) is 1. The number of carbonyl (C=O) groups is 1. The van der Waals surface area contributed by atoms with Crippen molar-refractivity contribution in [2.45, 2.75) is 52.1 Å². The van der Waals surface area contributed by atoms with Gasteiger partial charge in [0.05, 0.1) is 6.61 Å². The van der Waals surface area contributed by atoms with Crippen LogP contribution < -0.4 is 21.2 Å². The van der Waals surface area contributed by atoms with Gasteiger partial charge in [0.15, 0.2) is 5.11 Å². The minimum atomic E-state index is -0.563. The first-order valence-corrected chi connectivity index (χ1v) is 10.4. The molecule has 0 saturated carbocycles. The van der Waals surface area contributed by atoms with Gasteiger partial charge in [0.1, 0.15) is 5.75 Å². The lowest BCUT2D eigenvalue weighted by Crippen LogP contribution is -2.55. The predicted octanol–water partition coefficient (Wildman–Crippen LogP) is 2.61. The Hall–Kier alpha value is -2.06. The van der Waals surface area contributed by atoms with Crippen LogP contribution in [0.2, 0.25) is 0 Å². The molecule has 4 N–H and O–H groups in total. The number of nitrogens with one attached hydrogen (secondary N) is 2. The summed E-state index contributed by atoms with van der Waals surface area (Å²) >= 11 is 5.19. The number of likely N-dealkylation sites (tertiary alicyclic amines) is 1. The zero-order valence-electron chi connectivity index (χ0n) is 16.9. The van der Waals surface area contributed by atoms with Gasteiger partial charge in [-0.15, -0.1) is 0 Å². The Bertz CT molecular complexity index is 635. The number of thiocarbonyl (C=S) groups is 1. The molecule has 1 aromatic carbocycles. The van der Waals surface area contributed by atoms with E-state index >= 15 is 0 Å². The first-order valence-electron chi connectivity index (χ1n) is 10.0. The predicted molar refractivity (Wildman–Crippen MR) is 116 cm³/mol. The van der Waals surface area contributed by atoms with Crippen molar-refractivity contribution in [3.05, 3.63) is 29.8 Å². The van der Waals surface area contributed by atoms with Gasteiger partial charge in [-0.3, -0.25) is 10.3 Å². The minimum absolute atomic E-state index is 0.0854. The smallest absolute Gasteiger partial charge is 0.333 e. The van der Waals surface area contributed by atoms with Gasteiger partial charge in [0, 0.05) is 19.1 Å². The molecule has 0 bridgehead atoms. The molecule has 1 heterocycles. The summed E-state index contributed by atoms with van der Waals surface area (Å²) in [6, 6.07) is 7.68. The second kappa shape index (κ2) is 11.7. The van der Waals surface area contributed by atoms with Gasteiger partial charge in [-0.2, -0.15) is 0 Å². The monoisotopic (exact) mass is 407 g/mol. The van der Waals surface area contributed by atoms with Crippen LogP contribution in [0.25, 0.3) is 0 Å². The molecule has 0 spiro atoms. The molecule has 1 fully saturated rings. The second-order valence-electron chi connectivity index (χ2n) is 7.36. The van der Waals surface area contributed by atoms with Crippen LogP contribution in [0.3, 0.4) is 0 Å². The average molecular weight is 408 g/mol. The number of hydrogen-bond acceptors (Lipinski definition) is 4. The number of piperidine rings is 1. The van der Waals surface area contributed by atoms with Crippen molar-refractivity contribution in [2.75, 3.05) is 26.2 Å². The zero-order chi connectivity index (χ0) is 20.4. The Balaban J connectivity index is 1.65. The van der Waals surface area contributed by atoms with Crippen LogP contribution >= 0.6 is 12.2 Å². The molecule has 156 valence electrons. The Morgan fingerprint density at radius 1 is 1.32 bits per heavy atom. The highest BCUT2D eigenvalue weighted by Crippen LogP contribution is 2.17. The van der Waals surface area contributed by atoms with Gasteiger partial charge in [-0.25, -0.2) is 9.80 Å². The number of nitrogens with zero attached hydrogens (tertiary/aromatic N) is 2. The molecule has 0 unspecified atom stereocenters. The first kappa shape index (κ1) is 22.2. The standard InChI is InChI=1S/C20H33N5O2S/c1-16(2)25(19(21)26)23-20(28)22-10-7-13-27-18-9-6-8-17(14-18)15-24-11-4-3-5-12-24/h6,8-9,14,16H,3-5,7,10-13,15H2,1-2H3,(H2,21,26)(H2,22,23,28). The number of ether oxygens (including phenoxy) is 1. The molecular weight excluding hydrogens is 374 g/mol. The topological polar surface area (TPSA) is 82.9 Å². The molecule has 1 aliphatic rings. The Labute approximate surface area is 173 Å². The normalized spacial score (nSPS) is 14.5. The van der Waals surface area contributed by atoms with Gasteiger partial charge in [-0.1, -0.05) is 18.6 Å². The Morgan fingerprint density at radius 2 is 2.07 bits per heavy atom. The average Bonchev–Trinajstić information content (AvgIpc) is 2.66. The molecule has 2 rings (SSSR count). The lowest BCUT2D eigenvalue weighted by Gasteiger charge is -2.26. The lowest BCUT2D eigenvalue weighted by molar-refractivity contribution is 0.178. The summed E-state index contributed by atoms with van der Waals surface area (Å²) in [6.07, 6.45) is 4.74. The lowest BCUT2D eigenvalue weighted by atomic mass is 10.1. The first-order chi connectivity index (χ1) is 13.5. The molecule has 1 saturated heterocycles. The van der Waals surface area contributed by atoms with Gasteiger partial charge < -0.3 is 15.8 Å². The summed E-state index contributed by atoms with van der Waals surface area (Å²) in [6.45, 7) is 8.31. The third-order valence-corrected chi connectivity index (χ3v) is 4.84. The molecule has 2 amide bonds. The van der Waals surface area contributed by atoms with E-state index in [1.807, 2.05) is 19.9 Å². The van der Waals surface area contributed by atoms with Gasteiger partial charge >= 0.3 is 6.03 Å². The minimum Gasteiger partial charge on any atom is -0.494 e. The summed E-state index contributed by atoms with van der Waals surface area (Å²) in [4.78, 5) is 13.8. The van der Waals surface area contributed by atoms with E-state index in [0.717, 1.165) is 18.7 Å². The SMILES string of the molecule is CC(C)N(NC(=S)NCCCOc1cccc(CN2CCCCC2)c1)C(N)=O. The van der Waals surface area contributed by atoms with E-state index in [4.69, 9.17) is 22.7 Å². The van der Waals surface area contributed by atoms with E-state index in [2.05, 4.69) is 33.8 Å². The maximum absolute atomic E-state index is 11.3. The molecule has 1 aromatic rings. The molecule has 0 radical (unpaired) electrons. The van der Waals surface area contributed by atoms with Crippen LogP contribution in [0.1, 0.15) is 45.1 Å².